The Bertz CT molecular complexity index is 666. The van der Waals surface area contributed by atoms with Gasteiger partial charge in [0.25, 0.3) is 0 Å². The molecule has 2 saturated heterocycles. The Balaban J connectivity index is 1.56. The van der Waals surface area contributed by atoms with Crippen molar-refractivity contribution in [3.05, 3.63) is 0 Å². The van der Waals surface area contributed by atoms with Crippen LogP contribution in [0.15, 0.2) is 0 Å². The maximum atomic E-state index is 11.9. The number of likely N-dealkylation sites (tertiary alicyclic amines) is 2. The summed E-state index contributed by atoms with van der Waals surface area (Å²) in [7, 11) is 0. The number of hydrazine groups is 2. The molecule has 12 nitrogen and oxygen atoms in total. The Kier molecular flexibility index (Phi) is 8.42. The van der Waals surface area contributed by atoms with E-state index in [1.807, 2.05) is 0 Å². The lowest BCUT2D eigenvalue weighted by atomic mass is 10.2. The first-order valence-corrected chi connectivity index (χ1v) is 10.1. The Labute approximate surface area is 174 Å². The molecule has 0 aromatic heterocycles. The molecule has 30 heavy (non-hydrogen) atoms. The molecule has 2 fully saturated rings. The van der Waals surface area contributed by atoms with Gasteiger partial charge in [-0.1, -0.05) is 0 Å². The Morgan fingerprint density at radius 3 is 1.43 bits per heavy atom. The van der Waals surface area contributed by atoms with Gasteiger partial charge in [0.05, 0.1) is 12.8 Å². The molecule has 2 aliphatic rings. The highest BCUT2D eigenvalue weighted by Crippen LogP contribution is 2.12. The second-order valence-electron chi connectivity index (χ2n) is 7.06. The number of nitrogens with one attached hydrogen (secondary N) is 4. The Morgan fingerprint density at radius 1 is 0.767 bits per heavy atom. The number of rotatable bonds is 11. The van der Waals surface area contributed by atoms with Crippen LogP contribution in [0.2, 0.25) is 0 Å². The number of hydrogen-bond donors (Lipinski definition) is 4. The lowest BCUT2D eigenvalue weighted by Gasteiger charge is -2.14. The third-order valence-electron chi connectivity index (χ3n) is 4.95. The molecule has 0 unspecified atom stereocenters. The predicted octanol–water partition coefficient (Wildman–Crippen LogP) is -1.92. The van der Waals surface area contributed by atoms with Crippen molar-refractivity contribution in [2.45, 2.75) is 64.5 Å². The second kappa shape index (κ2) is 10.8. The molecular formula is C18H28N6O6. The molecule has 166 valence electrons. The quantitative estimate of drug-likeness (QED) is 0.170. The van der Waals surface area contributed by atoms with Gasteiger partial charge in [-0.3, -0.25) is 49.4 Å². The fourth-order valence-corrected chi connectivity index (χ4v) is 3.29. The number of amides is 6. The largest absolute Gasteiger partial charge is 0.291 e. The third-order valence-corrected chi connectivity index (χ3v) is 4.95. The lowest BCUT2D eigenvalue weighted by Crippen LogP contribution is -2.48. The molecule has 0 aliphatic carbocycles. The summed E-state index contributed by atoms with van der Waals surface area (Å²) in [6.45, 7) is 3.99. The third kappa shape index (κ3) is 5.83. The van der Waals surface area contributed by atoms with Gasteiger partial charge in [-0.15, -0.1) is 0 Å². The van der Waals surface area contributed by atoms with Crippen molar-refractivity contribution in [3.8, 4) is 0 Å². The number of nitrogens with zero attached hydrogens (tertiary/aromatic N) is 2. The first kappa shape index (κ1) is 23.4. The van der Waals surface area contributed by atoms with E-state index in [9.17, 15) is 28.8 Å². The lowest BCUT2D eigenvalue weighted by molar-refractivity contribution is -0.140. The first-order chi connectivity index (χ1) is 14.3. The highest BCUT2D eigenvalue weighted by atomic mass is 16.2. The zero-order valence-corrected chi connectivity index (χ0v) is 17.2. The van der Waals surface area contributed by atoms with Crippen molar-refractivity contribution in [2.24, 2.45) is 0 Å². The van der Waals surface area contributed by atoms with Crippen LogP contribution in [0, 0.1) is 0 Å². The smallest absolute Gasteiger partial charge is 0.248 e. The van der Waals surface area contributed by atoms with Crippen LogP contribution < -0.4 is 21.7 Å². The minimum Gasteiger partial charge on any atom is -0.291 e. The van der Waals surface area contributed by atoms with Crippen molar-refractivity contribution < 1.29 is 28.8 Å². The molecule has 2 heterocycles. The van der Waals surface area contributed by atoms with Gasteiger partial charge in [-0.05, 0) is 26.7 Å². The van der Waals surface area contributed by atoms with Crippen molar-refractivity contribution in [1.29, 1.82) is 0 Å². The molecule has 4 N–H and O–H groups in total. The van der Waals surface area contributed by atoms with Crippen LogP contribution in [0.25, 0.3) is 0 Å². The van der Waals surface area contributed by atoms with Crippen molar-refractivity contribution in [3.63, 3.8) is 0 Å². The van der Waals surface area contributed by atoms with Gasteiger partial charge < -0.3 is 0 Å². The number of unbranched alkanes of at least 4 members (excludes halogenated alkanes) is 1. The number of imide groups is 2. The molecule has 6 amide bonds. The molecular weight excluding hydrogens is 396 g/mol. The Hall–Kier alpha value is -2.86. The van der Waals surface area contributed by atoms with E-state index in [-0.39, 0.29) is 61.1 Å². The molecule has 0 spiro atoms. The van der Waals surface area contributed by atoms with E-state index in [4.69, 9.17) is 0 Å². The molecule has 2 rings (SSSR count). The summed E-state index contributed by atoms with van der Waals surface area (Å²) in [5.41, 5.74) is 9.98. The molecule has 12 heteroatoms. The first-order valence-electron chi connectivity index (χ1n) is 10.1. The van der Waals surface area contributed by atoms with E-state index in [0.717, 1.165) is 9.80 Å². The second-order valence-corrected chi connectivity index (χ2v) is 7.06. The summed E-state index contributed by atoms with van der Waals surface area (Å²) < 4.78 is 0. The maximum Gasteiger partial charge on any atom is 0.248 e. The number of hydrogen-bond acceptors (Lipinski definition) is 8. The van der Waals surface area contributed by atoms with Crippen LogP contribution in [-0.4, -0.2) is 70.4 Å². The van der Waals surface area contributed by atoms with E-state index in [0.29, 0.717) is 25.9 Å². The van der Waals surface area contributed by atoms with Crippen LogP contribution in [-0.2, 0) is 28.8 Å². The summed E-state index contributed by atoms with van der Waals surface area (Å²) >= 11 is 0. The number of carbonyl (C=O) groups excluding carboxylic acids is 6. The zero-order valence-electron chi connectivity index (χ0n) is 17.2. The number of carbonyl (C=O) groups is 6. The van der Waals surface area contributed by atoms with Crippen LogP contribution in [0.3, 0.4) is 0 Å². The van der Waals surface area contributed by atoms with Gasteiger partial charge in [0.15, 0.2) is 0 Å². The van der Waals surface area contributed by atoms with Crippen molar-refractivity contribution in [2.75, 3.05) is 13.1 Å². The molecule has 0 aromatic carbocycles. The summed E-state index contributed by atoms with van der Waals surface area (Å²) in [5.74, 6) is -1.98. The molecule has 0 saturated carbocycles. The number of likely N-dealkylation sites (N-methyl/N-ethyl adjacent to an activating group) is 2. The zero-order chi connectivity index (χ0) is 22.3. The minimum absolute atomic E-state index is 0.00519. The standard InChI is InChI=1S/C18H28N6O6/c1-3-23-15(27)9-11(17(23)29)19-21-13(25)7-5-6-8-14(26)22-20-12-10-16(28)24(4-2)18(12)30/h11-12,19-20H,3-10H2,1-2H3,(H,21,25)(H,22,26)/t11-,12-/m0/s1. The summed E-state index contributed by atoms with van der Waals surface area (Å²) in [4.78, 5) is 73.0. The van der Waals surface area contributed by atoms with Gasteiger partial charge in [-0.25, -0.2) is 10.9 Å². The predicted molar refractivity (Wildman–Crippen MR) is 103 cm³/mol. The molecule has 0 bridgehead atoms. The molecule has 0 radical (unpaired) electrons. The molecule has 2 atom stereocenters. The average molecular weight is 424 g/mol. The van der Waals surface area contributed by atoms with Gasteiger partial charge in [0.1, 0.15) is 12.1 Å². The van der Waals surface area contributed by atoms with Crippen molar-refractivity contribution >= 4 is 35.4 Å². The fourth-order valence-electron chi connectivity index (χ4n) is 3.29. The summed E-state index contributed by atoms with van der Waals surface area (Å²) in [6.07, 6.45) is 1.16. The van der Waals surface area contributed by atoms with E-state index in [1.165, 1.54) is 0 Å². The van der Waals surface area contributed by atoms with Gasteiger partial charge in [0, 0.05) is 25.9 Å². The van der Waals surface area contributed by atoms with Crippen LogP contribution in [0.4, 0.5) is 0 Å². The molecule has 0 aromatic rings. The highest BCUT2D eigenvalue weighted by molar-refractivity contribution is 6.06. The SMILES string of the molecule is CCN1C(=O)C[C@H](NNC(=O)CCCCC(=O)NN[C@H]2CC(=O)N(CC)C2=O)C1=O. The monoisotopic (exact) mass is 424 g/mol. The topological polar surface area (TPSA) is 157 Å². The van der Waals surface area contributed by atoms with E-state index in [1.54, 1.807) is 13.8 Å². The van der Waals surface area contributed by atoms with Gasteiger partial charge in [0.2, 0.25) is 35.4 Å². The Morgan fingerprint density at radius 2 is 1.13 bits per heavy atom. The van der Waals surface area contributed by atoms with Crippen molar-refractivity contribution in [1.82, 2.24) is 31.5 Å². The van der Waals surface area contributed by atoms with Crippen LogP contribution in [0.1, 0.15) is 52.4 Å². The van der Waals surface area contributed by atoms with Gasteiger partial charge in [-0.2, -0.15) is 0 Å². The minimum atomic E-state index is -0.757. The van der Waals surface area contributed by atoms with E-state index < -0.39 is 12.1 Å². The van der Waals surface area contributed by atoms with E-state index in [2.05, 4.69) is 21.7 Å². The van der Waals surface area contributed by atoms with Gasteiger partial charge >= 0.3 is 0 Å². The average Bonchev–Trinajstić information content (AvgIpc) is 3.15. The van der Waals surface area contributed by atoms with E-state index >= 15 is 0 Å². The van der Waals surface area contributed by atoms with Crippen LogP contribution in [0.5, 0.6) is 0 Å². The fraction of sp³-hybridized carbons (Fsp3) is 0.667. The normalized spacial score (nSPS) is 21.5. The maximum absolute atomic E-state index is 11.9. The molecule has 2 aliphatic heterocycles. The van der Waals surface area contributed by atoms with Crippen LogP contribution >= 0.6 is 0 Å². The summed E-state index contributed by atoms with van der Waals surface area (Å²) in [6, 6.07) is -1.51. The summed E-state index contributed by atoms with van der Waals surface area (Å²) in [5, 5.41) is 0. The highest BCUT2D eigenvalue weighted by Gasteiger charge is 2.38.